The zero-order valence-electron chi connectivity index (χ0n) is 7.41. The van der Waals surface area contributed by atoms with Gasteiger partial charge in [0.25, 0.3) is 0 Å². The van der Waals surface area contributed by atoms with Gasteiger partial charge < -0.3 is 10.3 Å². The standard InChI is InChI=1S/C8H13ClN4/c9-6-2-1-5-13-7(3-4-10)11-12-8(6)13/h6H,1-5,10H2. The Bertz CT molecular complexity index is 296. The molecule has 2 N–H and O–H groups in total. The number of rotatable bonds is 2. The molecule has 1 atom stereocenters. The van der Waals surface area contributed by atoms with Gasteiger partial charge in [0, 0.05) is 13.0 Å². The minimum Gasteiger partial charge on any atom is -0.330 e. The summed E-state index contributed by atoms with van der Waals surface area (Å²) in [6, 6.07) is 0. The highest BCUT2D eigenvalue weighted by Gasteiger charge is 2.22. The molecule has 2 rings (SSSR count). The highest BCUT2D eigenvalue weighted by molar-refractivity contribution is 6.20. The molecule has 1 aliphatic rings. The Morgan fingerprint density at radius 2 is 2.38 bits per heavy atom. The van der Waals surface area contributed by atoms with Gasteiger partial charge in [-0.25, -0.2) is 0 Å². The first kappa shape index (κ1) is 8.97. The molecular weight excluding hydrogens is 188 g/mol. The van der Waals surface area contributed by atoms with Crippen LogP contribution in [0.15, 0.2) is 0 Å². The maximum absolute atomic E-state index is 6.11. The highest BCUT2D eigenvalue weighted by atomic mass is 35.5. The van der Waals surface area contributed by atoms with Crippen LogP contribution in [0.3, 0.4) is 0 Å². The fourth-order valence-corrected chi connectivity index (χ4v) is 2.01. The smallest absolute Gasteiger partial charge is 0.151 e. The van der Waals surface area contributed by atoms with Gasteiger partial charge in [0.2, 0.25) is 0 Å². The maximum atomic E-state index is 6.11. The van der Waals surface area contributed by atoms with Crippen molar-refractivity contribution in [2.75, 3.05) is 6.54 Å². The number of hydrogen-bond donors (Lipinski definition) is 1. The normalized spacial score (nSPS) is 21.5. The van der Waals surface area contributed by atoms with Gasteiger partial charge in [-0.05, 0) is 19.4 Å². The molecule has 1 aliphatic heterocycles. The molecule has 0 saturated heterocycles. The van der Waals surface area contributed by atoms with Crippen molar-refractivity contribution < 1.29 is 0 Å². The third-order valence-electron chi connectivity index (χ3n) is 2.34. The molecule has 0 aliphatic carbocycles. The minimum atomic E-state index is 0.0350. The quantitative estimate of drug-likeness (QED) is 0.721. The summed E-state index contributed by atoms with van der Waals surface area (Å²) in [6.07, 6.45) is 2.90. The van der Waals surface area contributed by atoms with Gasteiger partial charge in [-0.2, -0.15) is 0 Å². The van der Waals surface area contributed by atoms with Crippen LogP contribution in [0.4, 0.5) is 0 Å². The molecule has 72 valence electrons. The van der Waals surface area contributed by atoms with Crippen LogP contribution in [0.2, 0.25) is 0 Å². The van der Waals surface area contributed by atoms with Crippen molar-refractivity contribution in [3.8, 4) is 0 Å². The molecule has 0 aromatic carbocycles. The number of nitrogens with two attached hydrogens (primary N) is 1. The second kappa shape index (κ2) is 3.64. The van der Waals surface area contributed by atoms with E-state index in [1.54, 1.807) is 0 Å². The highest BCUT2D eigenvalue weighted by Crippen LogP contribution is 2.29. The first-order chi connectivity index (χ1) is 6.33. The Morgan fingerprint density at radius 1 is 1.54 bits per heavy atom. The second-order valence-electron chi connectivity index (χ2n) is 3.27. The Labute approximate surface area is 82.1 Å². The van der Waals surface area contributed by atoms with E-state index in [-0.39, 0.29) is 5.38 Å². The zero-order chi connectivity index (χ0) is 9.26. The van der Waals surface area contributed by atoms with Gasteiger partial charge in [-0.1, -0.05) is 0 Å². The van der Waals surface area contributed by atoms with Crippen molar-refractivity contribution in [2.45, 2.75) is 31.2 Å². The summed E-state index contributed by atoms with van der Waals surface area (Å²) in [6.45, 7) is 1.60. The fourth-order valence-electron chi connectivity index (χ4n) is 1.70. The van der Waals surface area contributed by atoms with Gasteiger partial charge >= 0.3 is 0 Å². The van der Waals surface area contributed by atoms with Gasteiger partial charge in [-0.3, -0.25) is 0 Å². The number of nitrogens with zero attached hydrogens (tertiary/aromatic N) is 3. The summed E-state index contributed by atoms with van der Waals surface area (Å²) in [4.78, 5) is 0. The molecule has 1 aromatic heterocycles. The monoisotopic (exact) mass is 200 g/mol. The second-order valence-corrected chi connectivity index (χ2v) is 3.80. The first-order valence-corrected chi connectivity index (χ1v) is 5.02. The number of halogens is 1. The molecule has 2 heterocycles. The SMILES string of the molecule is NCCc1nnc2n1CCCC2Cl. The lowest BCUT2D eigenvalue weighted by molar-refractivity contribution is 0.497. The average molecular weight is 201 g/mol. The molecule has 1 aromatic rings. The van der Waals surface area contributed by atoms with E-state index in [0.717, 1.165) is 37.5 Å². The Hall–Kier alpha value is -0.610. The van der Waals surface area contributed by atoms with Crippen LogP contribution in [-0.2, 0) is 13.0 Å². The number of alkyl halides is 1. The topological polar surface area (TPSA) is 56.7 Å². The Balaban J connectivity index is 2.30. The predicted octanol–water partition coefficient (Wildman–Crippen LogP) is 0.853. The summed E-state index contributed by atoms with van der Waals surface area (Å²) in [7, 11) is 0. The fraction of sp³-hybridized carbons (Fsp3) is 0.750. The maximum Gasteiger partial charge on any atom is 0.151 e. The minimum absolute atomic E-state index is 0.0350. The third kappa shape index (κ3) is 1.56. The van der Waals surface area contributed by atoms with Gasteiger partial charge in [-0.15, -0.1) is 21.8 Å². The van der Waals surface area contributed by atoms with Crippen LogP contribution in [0, 0.1) is 0 Å². The molecule has 1 unspecified atom stereocenters. The summed E-state index contributed by atoms with van der Waals surface area (Å²) in [5.41, 5.74) is 5.47. The summed E-state index contributed by atoms with van der Waals surface area (Å²) < 4.78 is 2.11. The molecular formula is C8H13ClN4. The summed E-state index contributed by atoms with van der Waals surface area (Å²) in [5, 5.41) is 8.20. The van der Waals surface area contributed by atoms with Crippen LogP contribution in [0.5, 0.6) is 0 Å². The van der Waals surface area contributed by atoms with Crippen LogP contribution in [0.25, 0.3) is 0 Å². The van der Waals surface area contributed by atoms with Crippen molar-refractivity contribution in [3.63, 3.8) is 0 Å². The molecule has 0 radical (unpaired) electrons. The lowest BCUT2D eigenvalue weighted by atomic mass is 10.1. The van der Waals surface area contributed by atoms with Crippen molar-refractivity contribution in [3.05, 3.63) is 11.6 Å². The van der Waals surface area contributed by atoms with Gasteiger partial charge in [0.15, 0.2) is 5.82 Å². The number of hydrogen-bond acceptors (Lipinski definition) is 3. The van der Waals surface area contributed by atoms with Crippen molar-refractivity contribution in [2.24, 2.45) is 5.73 Å². The molecule has 0 fully saturated rings. The predicted molar refractivity (Wildman–Crippen MR) is 50.6 cm³/mol. The molecule has 0 bridgehead atoms. The lowest BCUT2D eigenvalue weighted by Crippen LogP contribution is -2.16. The van der Waals surface area contributed by atoms with Crippen LogP contribution in [-0.4, -0.2) is 21.3 Å². The summed E-state index contributed by atoms with van der Waals surface area (Å²) >= 11 is 6.11. The van der Waals surface area contributed by atoms with Crippen molar-refractivity contribution >= 4 is 11.6 Å². The van der Waals surface area contributed by atoms with E-state index < -0.39 is 0 Å². The Kier molecular flexibility index (Phi) is 2.51. The van der Waals surface area contributed by atoms with E-state index >= 15 is 0 Å². The molecule has 13 heavy (non-hydrogen) atoms. The van der Waals surface area contributed by atoms with Gasteiger partial charge in [0.05, 0.1) is 5.38 Å². The van der Waals surface area contributed by atoms with E-state index in [9.17, 15) is 0 Å². The van der Waals surface area contributed by atoms with E-state index in [0.29, 0.717) is 6.54 Å². The molecule has 5 heteroatoms. The van der Waals surface area contributed by atoms with Gasteiger partial charge in [0.1, 0.15) is 5.82 Å². The molecule has 0 amide bonds. The van der Waals surface area contributed by atoms with Crippen LogP contribution >= 0.6 is 11.6 Å². The largest absolute Gasteiger partial charge is 0.330 e. The number of fused-ring (bicyclic) bond motifs is 1. The summed E-state index contributed by atoms with van der Waals surface area (Å²) in [5.74, 6) is 1.89. The van der Waals surface area contributed by atoms with E-state index in [1.165, 1.54) is 0 Å². The van der Waals surface area contributed by atoms with Crippen molar-refractivity contribution in [1.82, 2.24) is 14.8 Å². The molecule has 4 nitrogen and oxygen atoms in total. The zero-order valence-corrected chi connectivity index (χ0v) is 8.17. The molecule has 0 spiro atoms. The van der Waals surface area contributed by atoms with E-state index in [4.69, 9.17) is 17.3 Å². The average Bonchev–Trinajstić information content (AvgIpc) is 2.51. The number of aromatic nitrogens is 3. The van der Waals surface area contributed by atoms with Crippen LogP contribution in [0.1, 0.15) is 29.9 Å². The Morgan fingerprint density at radius 3 is 3.15 bits per heavy atom. The third-order valence-corrected chi connectivity index (χ3v) is 2.76. The van der Waals surface area contributed by atoms with Crippen LogP contribution < -0.4 is 5.73 Å². The van der Waals surface area contributed by atoms with Crippen molar-refractivity contribution in [1.29, 1.82) is 0 Å². The first-order valence-electron chi connectivity index (χ1n) is 4.59. The van der Waals surface area contributed by atoms with E-state index in [2.05, 4.69) is 14.8 Å². The van der Waals surface area contributed by atoms with E-state index in [1.807, 2.05) is 0 Å². The lowest BCUT2D eigenvalue weighted by Gasteiger charge is -2.18. The molecule has 0 saturated carbocycles.